The molecule has 2 saturated heterocycles. The Morgan fingerprint density at radius 1 is 1.15 bits per heavy atom. The molecule has 2 amide bonds. The van der Waals surface area contributed by atoms with Crippen LogP contribution in [0.5, 0.6) is 5.75 Å². The van der Waals surface area contributed by atoms with Crippen molar-refractivity contribution in [2.45, 2.75) is 50.7 Å². The van der Waals surface area contributed by atoms with Crippen molar-refractivity contribution in [1.29, 1.82) is 0 Å². The summed E-state index contributed by atoms with van der Waals surface area (Å²) in [7, 11) is 1.51. The van der Waals surface area contributed by atoms with Gasteiger partial charge >= 0.3 is 0 Å². The first-order valence-electron chi connectivity index (χ1n) is 11.0. The van der Waals surface area contributed by atoms with E-state index in [1.165, 1.54) is 26.2 Å². The summed E-state index contributed by atoms with van der Waals surface area (Å²) in [6.45, 7) is 1.42. The smallest absolute Gasteiger partial charge is 0.247 e. The predicted molar refractivity (Wildman–Crippen MR) is 128 cm³/mol. The summed E-state index contributed by atoms with van der Waals surface area (Å²) in [5.41, 5.74) is 2.05. The van der Waals surface area contributed by atoms with E-state index in [0.717, 1.165) is 31.4 Å². The molecule has 3 atom stereocenters. The lowest BCUT2D eigenvalue weighted by Crippen LogP contribution is -2.49. The number of ether oxygens (including phenoxy) is 1. The molecule has 4 rings (SSSR count). The van der Waals surface area contributed by atoms with Crippen molar-refractivity contribution in [3.63, 3.8) is 0 Å². The highest BCUT2D eigenvalue weighted by Crippen LogP contribution is 2.37. The van der Waals surface area contributed by atoms with Crippen LogP contribution in [0, 0.1) is 5.82 Å². The number of nitrogens with zero attached hydrogens (tertiary/aromatic N) is 1. The molecule has 2 aromatic carbocycles. The molecule has 6 nitrogen and oxygen atoms in total. The summed E-state index contributed by atoms with van der Waals surface area (Å²) in [6, 6.07) is 10.3. The average Bonchev–Trinajstić information content (AvgIpc) is 3.04. The van der Waals surface area contributed by atoms with Crippen LogP contribution in [-0.2, 0) is 9.59 Å². The van der Waals surface area contributed by atoms with Crippen LogP contribution in [-0.4, -0.2) is 41.9 Å². The fraction of sp³-hybridized carbons (Fsp3) is 0.360. The van der Waals surface area contributed by atoms with Crippen LogP contribution in [0.15, 0.2) is 42.5 Å². The number of piperidine rings is 1. The number of hydrogen-bond donors (Lipinski definition) is 2. The summed E-state index contributed by atoms with van der Waals surface area (Å²) < 4.78 is 18.4. The second kappa shape index (κ2) is 9.83. The lowest BCUT2D eigenvalue weighted by Gasteiger charge is -2.39. The highest BCUT2D eigenvalue weighted by Gasteiger charge is 2.42. The van der Waals surface area contributed by atoms with Gasteiger partial charge < -0.3 is 20.3 Å². The third-order valence-electron chi connectivity index (χ3n) is 6.24. The van der Waals surface area contributed by atoms with E-state index in [2.05, 4.69) is 10.6 Å². The van der Waals surface area contributed by atoms with Crippen molar-refractivity contribution in [2.75, 3.05) is 17.7 Å². The minimum absolute atomic E-state index is 0.0505. The SMILES string of the molecule is COc1cc(/C=C/C(=O)N2C3CC[C@@H]2CC(Nc2ccc(F)cc2)C3)c(NC(C)=O)cc1Cl. The van der Waals surface area contributed by atoms with E-state index < -0.39 is 0 Å². The molecular formula is C25H27ClFN3O3. The van der Waals surface area contributed by atoms with Crippen LogP contribution in [0.3, 0.4) is 0 Å². The minimum atomic E-state index is -0.257. The van der Waals surface area contributed by atoms with Gasteiger partial charge in [-0.25, -0.2) is 4.39 Å². The van der Waals surface area contributed by atoms with Gasteiger partial charge in [0.2, 0.25) is 11.8 Å². The fourth-order valence-electron chi connectivity index (χ4n) is 4.85. The largest absolute Gasteiger partial charge is 0.495 e. The summed E-state index contributed by atoms with van der Waals surface area (Å²) >= 11 is 6.20. The third-order valence-corrected chi connectivity index (χ3v) is 6.54. The van der Waals surface area contributed by atoms with Gasteiger partial charge in [-0.05, 0) is 68.2 Å². The number of halogens is 2. The molecule has 2 bridgehead atoms. The highest BCUT2D eigenvalue weighted by atomic mass is 35.5. The Morgan fingerprint density at radius 2 is 1.82 bits per heavy atom. The van der Waals surface area contributed by atoms with Crippen LogP contribution in [0.2, 0.25) is 5.02 Å². The number of carbonyl (C=O) groups excluding carboxylic acids is 2. The molecule has 0 radical (unpaired) electrons. The van der Waals surface area contributed by atoms with Gasteiger partial charge in [-0.1, -0.05) is 11.6 Å². The number of carbonyl (C=O) groups is 2. The first kappa shape index (κ1) is 23.1. The van der Waals surface area contributed by atoms with E-state index in [9.17, 15) is 14.0 Å². The topological polar surface area (TPSA) is 70.7 Å². The molecule has 0 spiro atoms. The maximum atomic E-state index is 13.2. The van der Waals surface area contributed by atoms with Crippen LogP contribution >= 0.6 is 11.6 Å². The number of methoxy groups -OCH3 is 1. The third kappa shape index (κ3) is 5.30. The van der Waals surface area contributed by atoms with E-state index in [1.807, 2.05) is 4.90 Å². The Labute approximate surface area is 197 Å². The standard InChI is InChI=1S/C25H27ClFN3O3/c1-15(31)28-23-14-22(26)24(33-2)11-16(23)3-10-25(32)30-20-8-9-21(30)13-19(12-20)29-18-6-4-17(27)5-7-18/h3-7,10-11,14,19-21,29H,8-9,12-13H2,1-2H3,(H,28,31)/b10-3+/t19?,20-,21?/m1/s1. The molecule has 2 fully saturated rings. The molecule has 0 aromatic heterocycles. The lowest BCUT2D eigenvalue weighted by molar-refractivity contribution is -0.130. The van der Waals surface area contributed by atoms with Crippen molar-refractivity contribution in [2.24, 2.45) is 0 Å². The number of fused-ring (bicyclic) bond motifs is 2. The molecule has 2 aliphatic rings. The number of nitrogens with one attached hydrogen (secondary N) is 2. The summed E-state index contributed by atoms with van der Waals surface area (Å²) in [5, 5.41) is 6.60. The van der Waals surface area contributed by atoms with Gasteiger partial charge in [-0.15, -0.1) is 0 Å². The van der Waals surface area contributed by atoms with Crippen molar-refractivity contribution >= 4 is 40.9 Å². The Balaban J connectivity index is 1.46. The van der Waals surface area contributed by atoms with Crippen molar-refractivity contribution in [3.05, 3.63) is 58.9 Å². The number of benzene rings is 2. The van der Waals surface area contributed by atoms with Gasteiger partial charge in [0.15, 0.2) is 0 Å². The van der Waals surface area contributed by atoms with Gasteiger partial charge in [0.25, 0.3) is 0 Å². The van der Waals surface area contributed by atoms with Gasteiger partial charge in [-0.2, -0.15) is 0 Å². The molecular weight excluding hydrogens is 445 g/mol. The summed E-state index contributed by atoms with van der Waals surface area (Å²) in [6.07, 6.45) is 6.87. The quantitative estimate of drug-likeness (QED) is 0.575. The zero-order valence-corrected chi connectivity index (χ0v) is 19.4. The molecule has 0 saturated carbocycles. The molecule has 8 heteroatoms. The fourth-order valence-corrected chi connectivity index (χ4v) is 5.09. The lowest BCUT2D eigenvalue weighted by atomic mass is 9.96. The highest BCUT2D eigenvalue weighted by molar-refractivity contribution is 6.32. The monoisotopic (exact) mass is 471 g/mol. The first-order valence-corrected chi connectivity index (χ1v) is 11.4. The van der Waals surface area contributed by atoms with Crippen LogP contribution < -0.4 is 15.4 Å². The van der Waals surface area contributed by atoms with E-state index >= 15 is 0 Å². The van der Waals surface area contributed by atoms with Crippen LogP contribution in [0.25, 0.3) is 6.08 Å². The Kier molecular flexibility index (Phi) is 6.88. The van der Waals surface area contributed by atoms with E-state index in [4.69, 9.17) is 16.3 Å². The normalized spacial score (nSPS) is 21.8. The van der Waals surface area contributed by atoms with Gasteiger partial charge in [-0.3, -0.25) is 9.59 Å². The predicted octanol–water partition coefficient (Wildman–Crippen LogP) is 5.09. The van der Waals surface area contributed by atoms with E-state index in [1.54, 1.807) is 36.4 Å². The Hall–Kier alpha value is -3.06. The molecule has 2 N–H and O–H groups in total. The molecule has 2 heterocycles. The Morgan fingerprint density at radius 3 is 2.42 bits per heavy atom. The number of amides is 2. The van der Waals surface area contributed by atoms with Gasteiger partial charge in [0, 0.05) is 48.1 Å². The van der Waals surface area contributed by atoms with E-state index in [0.29, 0.717) is 22.0 Å². The van der Waals surface area contributed by atoms with Crippen LogP contribution in [0.4, 0.5) is 15.8 Å². The zero-order chi connectivity index (χ0) is 23.5. The zero-order valence-electron chi connectivity index (χ0n) is 18.6. The molecule has 0 aliphatic carbocycles. The summed E-state index contributed by atoms with van der Waals surface area (Å²) in [4.78, 5) is 26.7. The van der Waals surface area contributed by atoms with Gasteiger partial charge in [0.1, 0.15) is 11.6 Å². The summed E-state index contributed by atoms with van der Waals surface area (Å²) in [5.74, 6) is -0.0742. The maximum Gasteiger partial charge on any atom is 0.247 e. The van der Waals surface area contributed by atoms with E-state index in [-0.39, 0.29) is 35.8 Å². The number of anilines is 2. The molecule has 174 valence electrons. The number of rotatable bonds is 6. The molecule has 2 aliphatic heterocycles. The minimum Gasteiger partial charge on any atom is -0.495 e. The van der Waals surface area contributed by atoms with Crippen molar-refractivity contribution in [1.82, 2.24) is 4.90 Å². The molecule has 2 aromatic rings. The number of hydrogen-bond acceptors (Lipinski definition) is 4. The Bertz CT molecular complexity index is 1060. The second-order valence-corrected chi connectivity index (χ2v) is 8.95. The first-order chi connectivity index (χ1) is 15.8. The van der Waals surface area contributed by atoms with Crippen molar-refractivity contribution < 1.29 is 18.7 Å². The van der Waals surface area contributed by atoms with Crippen molar-refractivity contribution in [3.8, 4) is 5.75 Å². The van der Waals surface area contributed by atoms with Crippen LogP contribution in [0.1, 0.15) is 38.2 Å². The second-order valence-electron chi connectivity index (χ2n) is 8.54. The average molecular weight is 472 g/mol. The molecule has 33 heavy (non-hydrogen) atoms. The van der Waals surface area contributed by atoms with Gasteiger partial charge in [0.05, 0.1) is 12.1 Å². The maximum absolute atomic E-state index is 13.2. The molecule has 2 unspecified atom stereocenters.